The fourth-order valence-corrected chi connectivity index (χ4v) is 1.14. The highest BCUT2D eigenvalue weighted by Crippen LogP contribution is 1.94. The van der Waals surface area contributed by atoms with Gasteiger partial charge in [-0.25, -0.2) is 8.42 Å². The van der Waals surface area contributed by atoms with E-state index in [2.05, 4.69) is 5.10 Å². The van der Waals surface area contributed by atoms with Crippen LogP contribution < -0.4 is 0 Å². The van der Waals surface area contributed by atoms with Crippen LogP contribution in [0.1, 0.15) is 5.69 Å². The van der Waals surface area contributed by atoms with Crippen molar-refractivity contribution in [1.82, 2.24) is 9.19 Å². The van der Waals surface area contributed by atoms with E-state index in [0.29, 0.717) is 5.69 Å². The molecule has 0 N–H and O–H groups in total. The molecule has 0 fully saturated rings. The molecule has 0 spiro atoms. The average molecular weight is 160 g/mol. The Balaban J connectivity index is 3.21. The van der Waals surface area contributed by atoms with E-state index < -0.39 is 10.0 Å². The van der Waals surface area contributed by atoms with Crippen LogP contribution in [0.15, 0.2) is 12.3 Å². The van der Waals surface area contributed by atoms with Gasteiger partial charge in [0, 0.05) is 6.20 Å². The van der Waals surface area contributed by atoms with E-state index in [1.54, 1.807) is 13.0 Å². The summed E-state index contributed by atoms with van der Waals surface area (Å²) in [7, 11) is -3.18. The van der Waals surface area contributed by atoms with Crippen molar-refractivity contribution in [2.75, 3.05) is 6.26 Å². The molecule has 4 nitrogen and oxygen atoms in total. The van der Waals surface area contributed by atoms with Crippen LogP contribution in [0.2, 0.25) is 0 Å². The molecule has 10 heavy (non-hydrogen) atoms. The molecule has 0 amide bonds. The van der Waals surface area contributed by atoms with Crippen LogP contribution in [-0.4, -0.2) is 23.9 Å². The number of aromatic nitrogens is 2. The largest absolute Gasteiger partial charge is 0.250 e. The zero-order valence-corrected chi connectivity index (χ0v) is 6.59. The lowest BCUT2D eigenvalue weighted by Crippen LogP contribution is -2.10. The van der Waals surface area contributed by atoms with E-state index >= 15 is 0 Å². The fraction of sp³-hybridized carbons (Fsp3) is 0.400. The van der Waals surface area contributed by atoms with Gasteiger partial charge in [0.25, 0.3) is 10.0 Å². The quantitative estimate of drug-likeness (QED) is 0.581. The predicted molar refractivity (Wildman–Crippen MR) is 37.2 cm³/mol. The van der Waals surface area contributed by atoms with Crippen molar-refractivity contribution in [3.05, 3.63) is 18.0 Å². The van der Waals surface area contributed by atoms with Gasteiger partial charge in [0.15, 0.2) is 0 Å². The number of hydrogen-bond acceptors (Lipinski definition) is 3. The molecular formula is C5H8N2O2S. The Morgan fingerprint density at radius 3 is 2.40 bits per heavy atom. The normalized spacial score (nSPS) is 11.8. The van der Waals surface area contributed by atoms with Crippen LogP contribution in [0.5, 0.6) is 0 Å². The minimum absolute atomic E-state index is 0.699. The van der Waals surface area contributed by atoms with Crippen molar-refractivity contribution in [3.63, 3.8) is 0 Å². The Morgan fingerprint density at radius 1 is 1.60 bits per heavy atom. The highest BCUT2D eigenvalue weighted by molar-refractivity contribution is 7.89. The fourth-order valence-electron chi connectivity index (χ4n) is 0.578. The van der Waals surface area contributed by atoms with Crippen molar-refractivity contribution in [2.24, 2.45) is 0 Å². The van der Waals surface area contributed by atoms with E-state index in [4.69, 9.17) is 0 Å². The monoisotopic (exact) mass is 160 g/mol. The smallest absolute Gasteiger partial charge is 0.205 e. The third-order valence-corrected chi connectivity index (χ3v) is 1.92. The molecule has 0 aliphatic rings. The van der Waals surface area contributed by atoms with Crippen molar-refractivity contribution in [2.45, 2.75) is 6.92 Å². The molecule has 0 saturated carbocycles. The summed E-state index contributed by atoms with van der Waals surface area (Å²) in [6, 6.07) is 1.64. The van der Waals surface area contributed by atoms with Crippen LogP contribution in [0.3, 0.4) is 0 Å². The first-order valence-electron chi connectivity index (χ1n) is 2.73. The third kappa shape index (κ3) is 1.36. The Labute approximate surface area is 59.5 Å². The average Bonchev–Trinajstić information content (AvgIpc) is 2.11. The highest BCUT2D eigenvalue weighted by Gasteiger charge is 2.03. The zero-order chi connectivity index (χ0) is 7.78. The first-order chi connectivity index (χ1) is 4.50. The van der Waals surface area contributed by atoms with Crippen molar-refractivity contribution in [3.8, 4) is 0 Å². The van der Waals surface area contributed by atoms with Gasteiger partial charge in [-0.3, -0.25) is 0 Å². The molecule has 0 aliphatic heterocycles. The predicted octanol–water partition coefficient (Wildman–Crippen LogP) is -0.000780. The van der Waals surface area contributed by atoms with Crippen LogP contribution in [0.4, 0.5) is 0 Å². The molecule has 0 unspecified atom stereocenters. The van der Waals surface area contributed by atoms with Gasteiger partial charge in [0.2, 0.25) is 0 Å². The van der Waals surface area contributed by atoms with E-state index in [0.717, 1.165) is 10.3 Å². The van der Waals surface area contributed by atoms with Gasteiger partial charge in [-0.15, -0.1) is 0 Å². The molecule has 0 aromatic carbocycles. The van der Waals surface area contributed by atoms with Crippen LogP contribution in [0, 0.1) is 6.92 Å². The molecule has 0 saturated heterocycles. The maximum atomic E-state index is 10.7. The second-order valence-electron chi connectivity index (χ2n) is 2.09. The molecule has 0 aliphatic carbocycles. The van der Waals surface area contributed by atoms with Gasteiger partial charge in [-0.1, -0.05) is 0 Å². The second kappa shape index (κ2) is 2.09. The van der Waals surface area contributed by atoms with Crippen molar-refractivity contribution < 1.29 is 8.42 Å². The SMILES string of the molecule is Cc1ccn(S(C)(=O)=O)n1. The van der Waals surface area contributed by atoms with E-state index in [9.17, 15) is 8.42 Å². The number of aryl methyl sites for hydroxylation is 1. The first kappa shape index (κ1) is 7.27. The topological polar surface area (TPSA) is 52.0 Å². The molecule has 56 valence electrons. The maximum absolute atomic E-state index is 10.7. The van der Waals surface area contributed by atoms with Gasteiger partial charge in [0.1, 0.15) is 0 Å². The molecule has 5 heteroatoms. The van der Waals surface area contributed by atoms with Crippen molar-refractivity contribution in [1.29, 1.82) is 0 Å². The van der Waals surface area contributed by atoms with Gasteiger partial charge < -0.3 is 0 Å². The van der Waals surface area contributed by atoms with E-state index in [1.807, 2.05) is 0 Å². The Morgan fingerprint density at radius 2 is 2.20 bits per heavy atom. The Hall–Kier alpha value is -0.840. The number of hydrogen-bond donors (Lipinski definition) is 0. The molecule has 1 aromatic rings. The van der Waals surface area contributed by atoms with Gasteiger partial charge >= 0.3 is 0 Å². The standard InChI is InChI=1S/C5H8N2O2S/c1-5-3-4-7(6-5)10(2,8)9/h3-4H,1-2H3. The van der Waals surface area contributed by atoms with Crippen LogP contribution >= 0.6 is 0 Å². The summed E-state index contributed by atoms with van der Waals surface area (Å²) in [5.41, 5.74) is 0.699. The molecule has 0 radical (unpaired) electrons. The molecular weight excluding hydrogens is 152 g/mol. The van der Waals surface area contributed by atoms with E-state index in [-0.39, 0.29) is 0 Å². The lowest BCUT2D eigenvalue weighted by atomic mass is 10.5. The molecule has 1 aromatic heterocycles. The molecule has 1 heterocycles. The third-order valence-electron chi connectivity index (χ3n) is 1.04. The summed E-state index contributed by atoms with van der Waals surface area (Å²) in [6.45, 7) is 1.74. The molecule has 1 rings (SSSR count). The van der Waals surface area contributed by atoms with Crippen molar-refractivity contribution >= 4 is 10.0 Å². The lowest BCUT2D eigenvalue weighted by Gasteiger charge is -1.93. The van der Waals surface area contributed by atoms with Gasteiger partial charge in [-0.05, 0) is 13.0 Å². The first-order valence-corrected chi connectivity index (χ1v) is 4.58. The summed E-state index contributed by atoms with van der Waals surface area (Å²) < 4.78 is 22.4. The van der Waals surface area contributed by atoms with Crippen LogP contribution in [-0.2, 0) is 10.0 Å². The Kier molecular flexibility index (Phi) is 1.52. The van der Waals surface area contributed by atoms with Gasteiger partial charge in [0.05, 0.1) is 11.9 Å². The minimum Gasteiger partial charge on any atom is -0.205 e. The summed E-state index contributed by atoms with van der Waals surface area (Å²) in [6.07, 6.45) is 2.53. The van der Waals surface area contributed by atoms with Gasteiger partial charge in [-0.2, -0.15) is 9.19 Å². The van der Waals surface area contributed by atoms with Crippen LogP contribution in [0.25, 0.3) is 0 Å². The lowest BCUT2D eigenvalue weighted by molar-refractivity contribution is 0.586. The highest BCUT2D eigenvalue weighted by atomic mass is 32.2. The second-order valence-corrected chi connectivity index (χ2v) is 3.93. The summed E-state index contributed by atoms with van der Waals surface area (Å²) in [5, 5.41) is 3.71. The Bertz CT molecular complexity index is 325. The zero-order valence-electron chi connectivity index (χ0n) is 5.77. The summed E-state index contributed by atoms with van der Waals surface area (Å²) >= 11 is 0. The molecule has 0 bridgehead atoms. The maximum Gasteiger partial charge on any atom is 0.250 e. The van der Waals surface area contributed by atoms with E-state index in [1.165, 1.54) is 6.20 Å². The minimum atomic E-state index is -3.18. The molecule has 0 atom stereocenters. The summed E-state index contributed by atoms with van der Waals surface area (Å²) in [5.74, 6) is 0. The summed E-state index contributed by atoms with van der Waals surface area (Å²) in [4.78, 5) is 0. The number of rotatable bonds is 1. The number of nitrogens with zero attached hydrogens (tertiary/aromatic N) is 2.